The summed E-state index contributed by atoms with van der Waals surface area (Å²) in [6.07, 6.45) is 0.0549. The van der Waals surface area contributed by atoms with E-state index < -0.39 is 0 Å². The largest absolute Gasteiger partial charge is 1.00 e. The Morgan fingerprint density at radius 1 is 1.00 bits per heavy atom. The first-order valence-electron chi connectivity index (χ1n) is 3.44. The number of hydrogen-bond acceptors (Lipinski definition) is 2. The predicted molar refractivity (Wildman–Crippen MR) is 40.8 cm³/mol. The van der Waals surface area contributed by atoms with Gasteiger partial charge in [0, 0.05) is 11.1 Å². The molecule has 0 amide bonds. The average Bonchev–Trinajstić information content (AvgIpc) is 2.30. The van der Waals surface area contributed by atoms with Gasteiger partial charge in [-0.3, -0.25) is 9.59 Å². The zero-order valence-electron chi connectivity index (χ0n) is 7.83. The Labute approximate surface area is 93.7 Å². The van der Waals surface area contributed by atoms with Crippen LogP contribution in [-0.2, 0) is 0 Å². The molecule has 12 heavy (non-hydrogen) atoms. The second-order valence-corrected chi connectivity index (χ2v) is 2.57. The van der Waals surface area contributed by atoms with Gasteiger partial charge in [0.25, 0.3) is 0 Å². The predicted octanol–water partition coefficient (Wildman–Crippen LogP) is -1.43. The molecule has 2 nitrogen and oxygen atoms in total. The number of fused-ring (bicyclic) bond motifs is 1. The summed E-state index contributed by atoms with van der Waals surface area (Å²) in [5, 5.41) is 0. The van der Waals surface area contributed by atoms with Crippen molar-refractivity contribution in [3.63, 3.8) is 0 Å². The van der Waals surface area contributed by atoms with Gasteiger partial charge in [-0.1, -0.05) is 24.3 Å². The van der Waals surface area contributed by atoms with Crippen LogP contribution in [0.5, 0.6) is 0 Å². The third kappa shape index (κ3) is 1.38. The molecule has 2 rings (SSSR count). The Morgan fingerprint density at radius 2 is 1.42 bits per heavy atom. The third-order valence-corrected chi connectivity index (χ3v) is 1.85. The van der Waals surface area contributed by atoms with E-state index in [4.69, 9.17) is 0 Å². The van der Waals surface area contributed by atoms with Crippen molar-refractivity contribution in [2.75, 3.05) is 0 Å². The number of hydrogen-bond donors (Lipinski definition) is 0. The number of rotatable bonds is 0. The molecule has 1 aromatic carbocycles. The maximum absolute atomic E-state index is 11.1. The fourth-order valence-electron chi connectivity index (χ4n) is 1.31. The van der Waals surface area contributed by atoms with Gasteiger partial charge in [-0.25, -0.2) is 0 Å². The number of carbonyl (C=O) groups excluding carboxylic acids is 2. The molecular weight excluding hydrogens is 163 g/mol. The zero-order valence-corrected chi connectivity index (χ0v) is 8.83. The van der Waals surface area contributed by atoms with Crippen LogP contribution in [0.4, 0.5) is 0 Å². The first-order chi connectivity index (χ1) is 5.29. The van der Waals surface area contributed by atoms with Crippen molar-refractivity contribution in [1.29, 1.82) is 0 Å². The summed E-state index contributed by atoms with van der Waals surface area (Å²) in [4.78, 5) is 22.1. The van der Waals surface area contributed by atoms with Crippen LogP contribution in [0.25, 0.3) is 0 Å². The second kappa shape index (κ2) is 3.52. The first kappa shape index (κ1) is 9.65. The van der Waals surface area contributed by atoms with Crippen molar-refractivity contribution in [3.8, 4) is 0 Å². The fourth-order valence-corrected chi connectivity index (χ4v) is 1.31. The molecule has 0 aromatic heterocycles. The molecule has 0 spiro atoms. The normalized spacial score (nSPS) is 14.0. The number of Topliss-reactive ketones (excluding diaryl/α,β-unsaturated/α-hetero) is 2. The van der Waals surface area contributed by atoms with Crippen LogP contribution >= 0.6 is 0 Å². The van der Waals surface area contributed by atoms with Crippen LogP contribution in [0.15, 0.2) is 24.3 Å². The smallest absolute Gasteiger partial charge is 1.00 e. The molecular formula is C9H7NaO2. The van der Waals surface area contributed by atoms with Crippen molar-refractivity contribution in [2.24, 2.45) is 0 Å². The van der Waals surface area contributed by atoms with E-state index in [1.807, 2.05) is 0 Å². The molecule has 3 heteroatoms. The van der Waals surface area contributed by atoms with Crippen LogP contribution in [0.3, 0.4) is 0 Å². The monoisotopic (exact) mass is 170 g/mol. The molecule has 0 saturated carbocycles. The maximum Gasteiger partial charge on any atom is 1.00 e. The Morgan fingerprint density at radius 3 is 1.83 bits per heavy atom. The topological polar surface area (TPSA) is 34.1 Å². The molecule has 0 heterocycles. The van der Waals surface area contributed by atoms with Gasteiger partial charge in [0.15, 0.2) is 11.6 Å². The minimum absolute atomic E-state index is 0. The SMILES string of the molecule is O=C1CC(=O)c2ccccc21.[H-].[Na+]. The Hall–Kier alpha value is -0.440. The molecule has 0 atom stereocenters. The van der Waals surface area contributed by atoms with E-state index in [1.165, 1.54) is 0 Å². The zero-order chi connectivity index (χ0) is 7.84. The maximum atomic E-state index is 11.1. The average molecular weight is 170 g/mol. The number of carbonyl (C=O) groups is 2. The molecule has 0 saturated heterocycles. The van der Waals surface area contributed by atoms with Gasteiger partial charge in [0.2, 0.25) is 0 Å². The minimum Gasteiger partial charge on any atom is -1.00 e. The van der Waals surface area contributed by atoms with Gasteiger partial charge < -0.3 is 1.43 Å². The Balaban J connectivity index is 0.000000720. The van der Waals surface area contributed by atoms with Crippen molar-refractivity contribution < 1.29 is 40.6 Å². The Kier molecular flexibility index (Phi) is 2.83. The fraction of sp³-hybridized carbons (Fsp3) is 0.111. The van der Waals surface area contributed by atoms with Crippen molar-refractivity contribution in [2.45, 2.75) is 6.42 Å². The molecule has 0 radical (unpaired) electrons. The molecule has 0 N–H and O–H groups in total. The summed E-state index contributed by atoms with van der Waals surface area (Å²) in [7, 11) is 0. The van der Waals surface area contributed by atoms with E-state index >= 15 is 0 Å². The molecule has 0 fully saturated rings. The Bertz CT molecular complexity index is 316. The molecule has 0 unspecified atom stereocenters. The molecule has 1 aliphatic rings. The number of benzene rings is 1. The minimum atomic E-state index is -0.0504. The summed E-state index contributed by atoms with van der Waals surface area (Å²) in [5.41, 5.74) is 1.16. The first-order valence-corrected chi connectivity index (χ1v) is 3.44. The third-order valence-electron chi connectivity index (χ3n) is 1.85. The van der Waals surface area contributed by atoms with E-state index in [0.29, 0.717) is 11.1 Å². The van der Waals surface area contributed by atoms with Gasteiger partial charge in [0.05, 0.1) is 6.42 Å². The van der Waals surface area contributed by atoms with Crippen LogP contribution in [0, 0.1) is 0 Å². The quantitative estimate of drug-likeness (QED) is 0.353. The van der Waals surface area contributed by atoms with Crippen LogP contribution in [-0.4, -0.2) is 11.6 Å². The molecule has 1 aliphatic carbocycles. The van der Waals surface area contributed by atoms with Gasteiger partial charge >= 0.3 is 29.6 Å². The summed E-state index contributed by atoms with van der Waals surface area (Å²) in [6, 6.07) is 6.94. The van der Waals surface area contributed by atoms with Crippen molar-refractivity contribution >= 4 is 11.6 Å². The van der Waals surface area contributed by atoms with Gasteiger partial charge in [-0.15, -0.1) is 0 Å². The van der Waals surface area contributed by atoms with E-state index in [0.717, 1.165) is 0 Å². The summed E-state index contributed by atoms with van der Waals surface area (Å²) in [5.74, 6) is -0.101. The van der Waals surface area contributed by atoms with E-state index in [2.05, 4.69) is 0 Å². The van der Waals surface area contributed by atoms with Crippen LogP contribution in [0.1, 0.15) is 28.6 Å². The van der Waals surface area contributed by atoms with Crippen molar-refractivity contribution in [3.05, 3.63) is 35.4 Å². The summed E-state index contributed by atoms with van der Waals surface area (Å²) < 4.78 is 0. The van der Waals surface area contributed by atoms with E-state index in [1.54, 1.807) is 24.3 Å². The summed E-state index contributed by atoms with van der Waals surface area (Å²) >= 11 is 0. The van der Waals surface area contributed by atoms with Crippen molar-refractivity contribution in [1.82, 2.24) is 0 Å². The van der Waals surface area contributed by atoms with Gasteiger partial charge in [0.1, 0.15) is 0 Å². The second-order valence-electron chi connectivity index (χ2n) is 2.57. The van der Waals surface area contributed by atoms with Crippen LogP contribution < -0.4 is 29.6 Å². The van der Waals surface area contributed by atoms with E-state index in [9.17, 15) is 9.59 Å². The van der Waals surface area contributed by atoms with Gasteiger partial charge in [-0.2, -0.15) is 0 Å². The van der Waals surface area contributed by atoms with Gasteiger partial charge in [-0.05, 0) is 0 Å². The standard InChI is InChI=1S/C9H6O2.Na.H/c10-8-5-9(11)7-4-2-1-3-6(7)8;;/h1-4H,5H2;;/q;+1;-1. The number of ketones is 2. The van der Waals surface area contributed by atoms with Crippen LogP contribution in [0.2, 0.25) is 0 Å². The molecule has 56 valence electrons. The molecule has 0 aliphatic heterocycles. The molecule has 0 bridgehead atoms. The molecule has 1 aromatic rings. The summed E-state index contributed by atoms with van der Waals surface area (Å²) in [6.45, 7) is 0. The van der Waals surface area contributed by atoms with E-state index in [-0.39, 0.29) is 49.0 Å².